The normalized spacial score (nSPS) is 32.5. The van der Waals surface area contributed by atoms with Gasteiger partial charge in [-0.25, -0.2) is 0 Å². The summed E-state index contributed by atoms with van der Waals surface area (Å²) in [5, 5.41) is 0. The minimum Gasteiger partial charge on any atom is -0.493 e. The average Bonchev–Trinajstić information content (AvgIpc) is 2.80. The maximum atomic E-state index is 11.0. The molecular formula is C17H21NO5S. The zero-order valence-corrected chi connectivity index (χ0v) is 14.5. The summed E-state index contributed by atoms with van der Waals surface area (Å²) >= 11 is -2.28. The monoisotopic (exact) mass is 351 g/mol. The molecule has 1 aromatic carbocycles. The highest BCUT2D eigenvalue weighted by Crippen LogP contribution is 2.55. The van der Waals surface area contributed by atoms with E-state index in [0.29, 0.717) is 6.42 Å². The molecule has 0 aromatic heterocycles. The van der Waals surface area contributed by atoms with E-state index in [2.05, 4.69) is 24.1 Å². The first kappa shape index (κ1) is 16.1. The van der Waals surface area contributed by atoms with Gasteiger partial charge in [-0.3, -0.25) is 8.74 Å². The van der Waals surface area contributed by atoms with Gasteiger partial charge in [0.15, 0.2) is 11.5 Å². The van der Waals surface area contributed by atoms with Crippen molar-refractivity contribution in [3.05, 3.63) is 35.4 Å². The van der Waals surface area contributed by atoms with Crippen LogP contribution in [-0.2, 0) is 27.5 Å². The van der Waals surface area contributed by atoms with Crippen molar-refractivity contribution in [3.8, 4) is 11.5 Å². The van der Waals surface area contributed by atoms with Crippen molar-refractivity contribution in [2.75, 3.05) is 20.7 Å². The van der Waals surface area contributed by atoms with Crippen LogP contribution < -0.4 is 9.47 Å². The van der Waals surface area contributed by atoms with Gasteiger partial charge in [0.25, 0.3) is 0 Å². The second kappa shape index (κ2) is 5.84. The number of methoxy groups -OCH3 is 1. The van der Waals surface area contributed by atoms with Gasteiger partial charge in [-0.05, 0) is 31.6 Å². The van der Waals surface area contributed by atoms with Gasteiger partial charge in [0.2, 0.25) is 0 Å². The molecule has 130 valence electrons. The van der Waals surface area contributed by atoms with Crippen LogP contribution >= 0.6 is 0 Å². The average molecular weight is 351 g/mol. The minimum absolute atomic E-state index is 0.118. The Labute approximate surface area is 143 Å². The predicted octanol–water partition coefficient (Wildman–Crippen LogP) is 2.01. The lowest BCUT2D eigenvalue weighted by atomic mass is 9.69. The molecule has 4 rings (SSSR count). The highest BCUT2D eigenvalue weighted by molar-refractivity contribution is 7.74. The Balaban J connectivity index is 1.82. The van der Waals surface area contributed by atoms with Gasteiger partial charge in [-0.15, -0.1) is 0 Å². The lowest BCUT2D eigenvalue weighted by Gasteiger charge is -2.36. The molecule has 0 fully saturated rings. The lowest BCUT2D eigenvalue weighted by Crippen LogP contribution is -2.43. The van der Waals surface area contributed by atoms with Gasteiger partial charge < -0.3 is 14.4 Å². The SMILES string of the molecule is COc1ccc2c3c1O[C@H]1C[C@@H](OS(=O)O)C=C[C@]31CCN(C)C2. The third kappa shape index (κ3) is 2.38. The molecule has 2 heterocycles. The molecule has 4 atom stereocenters. The second-order valence-electron chi connectivity index (χ2n) is 6.71. The highest BCUT2D eigenvalue weighted by atomic mass is 32.2. The van der Waals surface area contributed by atoms with E-state index < -0.39 is 17.5 Å². The number of benzene rings is 1. The molecule has 1 aliphatic carbocycles. The molecule has 7 heteroatoms. The van der Waals surface area contributed by atoms with Gasteiger partial charge in [0, 0.05) is 18.5 Å². The molecule has 2 aliphatic heterocycles. The van der Waals surface area contributed by atoms with E-state index >= 15 is 0 Å². The van der Waals surface area contributed by atoms with Crippen molar-refractivity contribution in [1.29, 1.82) is 0 Å². The molecule has 1 N–H and O–H groups in total. The van der Waals surface area contributed by atoms with Gasteiger partial charge >= 0.3 is 11.4 Å². The molecular weight excluding hydrogens is 330 g/mol. The Morgan fingerprint density at radius 2 is 2.29 bits per heavy atom. The second-order valence-corrected chi connectivity index (χ2v) is 7.34. The number of hydrogen-bond acceptors (Lipinski definition) is 5. The molecule has 0 saturated carbocycles. The van der Waals surface area contributed by atoms with Crippen molar-refractivity contribution in [2.45, 2.75) is 37.0 Å². The molecule has 0 amide bonds. The van der Waals surface area contributed by atoms with Crippen molar-refractivity contribution in [3.63, 3.8) is 0 Å². The summed E-state index contributed by atoms with van der Waals surface area (Å²) in [4.78, 5) is 2.31. The zero-order chi connectivity index (χ0) is 16.9. The van der Waals surface area contributed by atoms with E-state index in [1.165, 1.54) is 11.1 Å². The molecule has 24 heavy (non-hydrogen) atoms. The summed E-state index contributed by atoms with van der Waals surface area (Å²) in [6, 6.07) is 4.07. The third-order valence-corrected chi connectivity index (χ3v) is 5.75. The van der Waals surface area contributed by atoms with Gasteiger partial charge in [-0.1, -0.05) is 18.2 Å². The van der Waals surface area contributed by atoms with Gasteiger partial charge in [0.05, 0.1) is 18.6 Å². The molecule has 0 radical (unpaired) electrons. The summed E-state index contributed by atoms with van der Waals surface area (Å²) in [6.07, 6.45) is 4.96. The van der Waals surface area contributed by atoms with Crippen LogP contribution in [-0.4, -0.2) is 46.6 Å². The van der Waals surface area contributed by atoms with Crippen LogP contribution in [0.3, 0.4) is 0 Å². The van der Waals surface area contributed by atoms with Crippen LogP contribution in [0.5, 0.6) is 11.5 Å². The lowest BCUT2D eigenvalue weighted by molar-refractivity contribution is 0.0934. The van der Waals surface area contributed by atoms with Crippen molar-refractivity contribution in [1.82, 2.24) is 4.90 Å². The van der Waals surface area contributed by atoms with Gasteiger partial charge in [-0.2, -0.15) is 4.21 Å². The Morgan fingerprint density at radius 3 is 3.04 bits per heavy atom. The van der Waals surface area contributed by atoms with Crippen LogP contribution in [0.2, 0.25) is 0 Å². The third-order valence-electron chi connectivity index (χ3n) is 5.34. The first-order valence-electron chi connectivity index (χ1n) is 8.06. The molecule has 1 unspecified atom stereocenters. The van der Waals surface area contributed by atoms with Crippen LogP contribution in [0.4, 0.5) is 0 Å². The summed E-state index contributed by atoms with van der Waals surface area (Å²) < 4.78 is 36.9. The maximum absolute atomic E-state index is 11.0. The van der Waals surface area contributed by atoms with Crippen LogP contribution in [0, 0.1) is 0 Å². The van der Waals surface area contributed by atoms with E-state index in [-0.39, 0.29) is 11.5 Å². The Bertz CT molecular complexity index is 721. The van der Waals surface area contributed by atoms with Crippen LogP contribution in [0.15, 0.2) is 24.3 Å². The molecule has 1 aromatic rings. The summed E-state index contributed by atoms with van der Waals surface area (Å²) in [6.45, 7) is 1.83. The topological polar surface area (TPSA) is 68.2 Å². The standard InChI is InChI=1S/C17H21NO5S/c1-18-8-7-17-6-5-12(23-24(19)20)9-14(17)22-16-13(21-2)4-3-11(10-18)15(16)17/h3-6,12,14H,7-10H2,1-2H3,(H,19,20)/t12-,14-,17+/m0/s1. The van der Waals surface area contributed by atoms with Crippen molar-refractivity contribution >= 4 is 11.4 Å². The van der Waals surface area contributed by atoms with E-state index in [9.17, 15) is 4.21 Å². The number of rotatable bonds is 3. The molecule has 1 spiro atoms. The predicted molar refractivity (Wildman–Crippen MR) is 89.4 cm³/mol. The van der Waals surface area contributed by atoms with E-state index in [0.717, 1.165) is 31.0 Å². The molecule has 6 nitrogen and oxygen atoms in total. The summed E-state index contributed by atoms with van der Waals surface area (Å²) in [5.74, 6) is 1.55. The van der Waals surface area contributed by atoms with E-state index in [1.54, 1.807) is 7.11 Å². The minimum atomic E-state index is -2.28. The largest absolute Gasteiger partial charge is 0.493 e. The van der Waals surface area contributed by atoms with E-state index in [4.69, 9.17) is 18.2 Å². The van der Waals surface area contributed by atoms with Gasteiger partial charge in [0.1, 0.15) is 6.10 Å². The number of hydrogen-bond donors (Lipinski definition) is 1. The zero-order valence-electron chi connectivity index (χ0n) is 13.7. The van der Waals surface area contributed by atoms with E-state index in [1.807, 2.05) is 12.1 Å². The quantitative estimate of drug-likeness (QED) is 0.664. The summed E-state index contributed by atoms with van der Waals surface area (Å²) in [5.41, 5.74) is 2.24. The first-order chi connectivity index (χ1) is 11.5. The smallest absolute Gasteiger partial charge is 0.302 e. The fourth-order valence-electron chi connectivity index (χ4n) is 4.24. The van der Waals surface area contributed by atoms with Crippen molar-refractivity contribution < 1.29 is 22.4 Å². The Kier molecular flexibility index (Phi) is 3.91. The van der Waals surface area contributed by atoms with Crippen molar-refractivity contribution in [2.24, 2.45) is 0 Å². The molecule has 3 aliphatic rings. The molecule has 0 bridgehead atoms. The summed E-state index contributed by atoms with van der Waals surface area (Å²) in [7, 11) is 3.77. The van der Waals surface area contributed by atoms with Crippen LogP contribution in [0.25, 0.3) is 0 Å². The molecule has 0 saturated heterocycles. The Morgan fingerprint density at radius 1 is 1.46 bits per heavy atom. The fraction of sp³-hybridized carbons (Fsp3) is 0.529. The maximum Gasteiger partial charge on any atom is 0.302 e. The number of ether oxygens (including phenoxy) is 2. The van der Waals surface area contributed by atoms with Crippen LogP contribution in [0.1, 0.15) is 24.0 Å². The Hall–Kier alpha value is -1.41. The highest BCUT2D eigenvalue weighted by Gasteiger charge is 2.53. The first-order valence-corrected chi connectivity index (χ1v) is 9.09. The number of nitrogens with zero attached hydrogens (tertiary/aromatic N) is 1. The fourth-order valence-corrected chi connectivity index (χ4v) is 4.60.